The number of benzene rings is 1. The molecular weight excluding hydrogens is 232 g/mol. The third-order valence-electron chi connectivity index (χ3n) is 2.58. The number of hydrogen-bond acceptors (Lipinski definition) is 3. The molecule has 0 unspecified atom stereocenters. The van der Waals surface area contributed by atoms with Crippen molar-refractivity contribution in [3.63, 3.8) is 0 Å². The second-order valence-electron chi connectivity index (χ2n) is 3.91. The van der Waals surface area contributed by atoms with E-state index in [9.17, 15) is 9.90 Å². The van der Waals surface area contributed by atoms with Gasteiger partial charge >= 0.3 is 0 Å². The molecule has 2 rings (SSSR count). The molecule has 1 aliphatic rings. The fourth-order valence-electron chi connectivity index (χ4n) is 1.74. The molecule has 1 aromatic rings. The van der Waals surface area contributed by atoms with Crippen LogP contribution in [0.15, 0.2) is 48.1 Å². The first kappa shape index (κ1) is 11.7. The van der Waals surface area contributed by atoms with Crippen LogP contribution < -0.4 is 0 Å². The third kappa shape index (κ3) is 2.88. The highest BCUT2D eigenvalue weighted by molar-refractivity contribution is 7.81. The number of aromatic hydroxyl groups is 1. The Morgan fingerprint density at radius 2 is 2.24 bits per heavy atom. The van der Waals surface area contributed by atoms with Crippen LogP contribution in [0.3, 0.4) is 0 Å². The van der Waals surface area contributed by atoms with Crippen molar-refractivity contribution in [1.29, 1.82) is 0 Å². The quantitative estimate of drug-likeness (QED) is 0.831. The maximum absolute atomic E-state index is 12.0. The van der Waals surface area contributed by atoms with E-state index in [4.69, 9.17) is 12.2 Å². The molecule has 0 saturated heterocycles. The van der Waals surface area contributed by atoms with Gasteiger partial charge in [-0.25, -0.2) is 0 Å². The number of ketones is 1. The van der Waals surface area contributed by atoms with Crippen LogP contribution in [0.25, 0.3) is 0 Å². The summed E-state index contributed by atoms with van der Waals surface area (Å²) >= 11 is 5.16. The molecule has 0 spiro atoms. The van der Waals surface area contributed by atoms with Gasteiger partial charge in [-0.1, -0.05) is 42.6 Å². The largest absolute Gasteiger partial charge is 0.508 e. The number of phenols is 1. The summed E-state index contributed by atoms with van der Waals surface area (Å²) < 4.78 is 0. The van der Waals surface area contributed by atoms with E-state index in [0.717, 1.165) is 5.56 Å². The minimum atomic E-state index is 0.00458. The predicted octanol–water partition coefficient (Wildman–Crippen LogP) is 2.76. The zero-order chi connectivity index (χ0) is 12.3. The van der Waals surface area contributed by atoms with Gasteiger partial charge in [0.05, 0.1) is 0 Å². The average molecular weight is 244 g/mol. The Hall–Kier alpha value is -1.74. The van der Waals surface area contributed by atoms with Gasteiger partial charge in [-0.3, -0.25) is 4.79 Å². The van der Waals surface area contributed by atoms with Crippen LogP contribution in [0.2, 0.25) is 0 Å². The van der Waals surface area contributed by atoms with Crippen molar-refractivity contribution >= 4 is 22.9 Å². The SMILES string of the molecule is O=C(Cc1cccc(O)c1)C1=CC=CCC1=S. The van der Waals surface area contributed by atoms with Crippen LogP contribution in [-0.2, 0) is 11.2 Å². The number of phenolic OH excluding ortho intramolecular Hbond substituents is 1. The number of hydrogen-bond donors (Lipinski definition) is 1. The van der Waals surface area contributed by atoms with E-state index < -0.39 is 0 Å². The van der Waals surface area contributed by atoms with Gasteiger partial charge in [-0.05, 0) is 17.7 Å². The standard InChI is InChI=1S/C14H12O2S/c15-11-5-3-4-10(8-11)9-13(16)12-6-1-2-7-14(12)17/h1-6,8,15H,7,9H2. The number of thiocarbonyl (C=S) groups is 1. The molecule has 0 aliphatic heterocycles. The summed E-state index contributed by atoms with van der Waals surface area (Å²) in [7, 11) is 0. The van der Waals surface area contributed by atoms with Crippen LogP contribution >= 0.6 is 12.2 Å². The second-order valence-corrected chi connectivity index (χ2v) is 4.40. The van der Waals surface area contributed by atoms with Crippen molar-refractivity contribution in [2.75, 3.05) is 0 Å². The first-order valence-electron chi connectivity index (χ1n) is 5.38. The molecule has 0 saturated carbocycles. The molecular formula is C14H12O2S. The number of Topliss-reactive ketones (excluding diaryl/α,β-unsaturated/α-hetero) is 1. The average Bonchev–Trinajstić information content (AvgIpc) is 2.29. The van der Waals surface area contributed by atoms with Gasteiger partial charge in [-0.2, -0.15) is 0 Å². The predicted molar refractivity (Wildman–Crippen MR) is 71.3 cm³/mol. The lowest BCUT2D eigenvalue weighted by Gasteiger charge is -2.09. The van der Waals surface area contributed by atoms with E-state index in [-0.39, 0.29) is 18.0 Å². The van der Waals surface area contributed by atoms with E-state index in [1.165, 1.54) is 0 Å². The van der Waals surface area contributed by atoms with Gasteiger partial charge in [0.25, 0.3) is 0 Å². The monoisotopic (exact) mass is 244 g/mol. The Morgan fingerprint density at radius 3 is 2.94 bits per heavy atom. The molecule has 0 heterocycles. The molecule has 0 fully saturated rings. The number of rotatable bonds is 3. The summed E-state index contributed by atoms with van der Waals surface area (Å²) in [5.41, 5.74) is 1.42. The molecule has 1 N–H and O–H groups in total. The summed E-state index contributed by atoms with van der Waals surface area (Å²) in [6.07, 6.45) is 6.48. The Morgan fingerprint density at radius 1 is 1.41 bits per heavy atom. The van der Waals surface area contributed by atoms with Gasteiger partial charge < -0.3 is 5.11 Å². The molecule has 3 heteroatoms. The lowest BCUT2D eigenvalue weighted by Crippen LogP contribution is -2.14. The molecule has 0 radical (unpaired) electrons. The van der Waals surface area contributed by atoms with Crippen molar-refractivity contribution in [2.24, 2.45) is 0 Å². The second kappa shape index (κ2) is 5.06. The molecule has 86 valence electrons. The lowest BCUT2D eigenvalue weighted by atomic mass is 9.96. The maximum atomic E-state index is 12.0. The zero-order valence-corrected chi connectivity index (χ0v) is 10.0. The molecule has 0 aromatic heterocycles. The zero-order valence-electron chi connectivity index (χ0n) is 9.22. The van der Waals surface area contributed by atoms with Crippen molar-refractivity contribution in [3.05, 3.63) is 53.6 Å². The van der Waals surface area contributed by atoms with Gasteiger partial charge in [0.2, 0.25) is 0 Å². The summed E-state index contributed by atoms with van der Waals surface area (Å²) in [6.45, 7) is 0. The van der Waals surface area contributed by atoms with Crippen LogP contribution in [-0.4, -0.2) is 15.8 Å². The van der Waals surface area contributed by atoms with Crippen LogP contribution in [0.5, 0.6) is 5.75 Å². The Balaban J connectivity index is 2.14. The molecule has 0 amide bonds. The highest BCUT2D eigenvalue weighted by Gasteiger charge is 2.15. The van der Waals surface area contributed by atoms with E-state index in [0.29, 0.717) is 16.9 Å². The fraction of sp³-hybridized carbons (Fsp3) is 0.143. The highest BCUT2D eigenvalue weighted by Crippen LogP contribution is 2.16. The lowest BCUT2D eigenvalue weighted by molar-refractivity contribution is -0.114. The molecule has 17 heavy (non-hydrogen) atoms. The minimum Gasteiger partial charge on any atom is -0.508 e. The Bertz CT molecular complexity index is 527. The molecule has 1 aromatic carbocycles. The van der Waals surface area contributed by atoms with Crippen LogP contribution in [0, 0.1) is 0 Å². The van der Waals surface area contributed by atoms with Gasteiger partial charge in [0.1, 0.15) is 5.75 Å². The maximum Gasteiger partial charge on any atom is 0.168 e. The van der Waals surface area contributed by atoms with Gasteiger partial charge in [0.15, 0.2) is 5.78 Å². The topological polar surface area (TPSA) is 37.3 Å². The van der Waals surface area contributed by atoms with E-state index >= 15 is 0 Å². The van der Waals surface area contributed by atoms with E-state index in [1.54, 1.807) is 24.3 Å². The summed E-state index contributed by atoms with van der Waals surface area (Å²) in [4.78, 5) is 12.7. The number of allylic oxidation sites excluding steroid dienone is 4. The van der Waals surface area contributed by atoms with Crippen molar-refractivity contribution in [2.45, 2.75) is 12.8 Å². The smallest absolute Gasteiger partial charge is 0.168 e. The van der Waals surface area contributed by atoms with Crippen molar-refractivity contribution in [1.82, 2.24) is 0 Å². The molecule has 1 aliphatic carbocycles. The van der Waals surface area contributed by atoms with Crippen molar-refractivity contribution in [3.8, 4) is 5.75 Å². The first-order chi connectivity index (χ1) is 8.16. The Kier molecular flexibility index (Phi) is 3.49. The summed E-state index contributed by atoms with van der Waals surface area (Å²) in [6, 6.07) is 6.73. The normalized spacial score (nSPS) is 14.6. The number of carbonyl (C=O) groups is 1. The summed E-state index contributed by atoms with van der Waals surface area (Å²) in [5, 5.41) is 9.33. The minimum absolute atomic E-state index is 0.00458. The van der Waals surface area contributed by atoms with Crippen LogP contribution in [0.4, 0.5) is 0 Å². The fourth-order valence-corrected chi connectivity index (χ4v) is 2.02. The Labute approximate surface area is 105 Å². The highest BCUT2D eigenvalue weighted by atomic mass is 32.1. The van der Waals surface area contributed by atoms with E-state index in [1.807, 2.05) is 18.2 Å². The van der Waals surface area contributed by atoms with Gasteiger partial charge in [0, 0.05) is 23.3 Å². The number of carbonyl (C=O) groups excluding carboxylic acids is 1. The third-order valence-corrected chi connectivity index (χ3v) is 2.96. The molecule has 2 nitrogen and oxygen atoms in total. The van der Waals surface area contributed by atoms with Crippen molar-refractivity contribution < 1.29 is 9.90 Å². The van der Waals surface area contributed by atoms with Gasteiger partial charge in [-0.15, -0.1) is 0 Å². The first-order valence-corrected chi connectivity index (χ1v) is 5.79. The van der Waals surface area contributed by atoms with Crippen LogP contribution in [0.1, 0.15) is 12.0 Å². The molecule has 0 atom stereocenters. The van der Waals surface area contributed by atoms with E-state index in [2.05, 4.69) is 0 Å². The summed E-state index contributed by atoms with van der Waals surface area (Å²) in [5.74, 6) is 0.181. The molecule has 0 bridgehead atoms.